The van der Waals surface area contributed by atoms with Gasteiger partial charge >= 0.3 is 0 Å². The molecule has 1 aliphatic carbocycles. The summed E-state index contributed by atoms with van der Waals surface area (Å²) in [4.78, 5) is 17.3. The van der Waals surface area contributed by atoms with Crippen LogP contribution in [-0.4, -0.2) is 46.4 Å². The van der Waals surface area contributed by atoms with Crippen molar-refractivity contribution in [3.8, 4) is 0 Å². The zero-order valence-corrected chi connectivity index (χ0v) is 23.8. The summed E-state index contributed by atoms with van der Waals surface area (Å²) in [7, 11) is -5.40. The van der Waals surface area contributed by atoms with Crippen molar-refractivity contribution in [2.75, 3.05) is 11.4 Å². The summed E-state index contributed by atoms with van der Waals surface area (Å²) in [6.07, 6.45) is 8.32. The second kappa shape index (κ2) is 11.5. The van der Waals surface area contributed by atoms with Crippen LogP contribution in [0.25, 0.3) is 10.9 Å². The Bertz CT molecular complexity index is 1830. The number of carbonyl (C=O) groups excluding carboxylic acids is 1. The van der Waals surface area contributed by atoms with E-state index in [1.54, 1.807) is 12.3 Å². The van der Waals surface area contributed by atoms with Gasteiger partial charge in [-0.05, 0) is 48.9 Å². The van der Waals surface area contributed by atoms with Gasteiger partial charge in [0.05, 0.1) is 29.6 Å². The van der Waals surface area contributed by atoms with E-state index in [0.717, 1.165) is 42.2 Å². The molecule has 232 valence electrons. The number of hydrogen-bond acceptors (Lipinski definition) is 5. The Morgan fingerprint density at radius 3 is 2.20 bits per heavy atom. The fraction of sp³-hybridized carbons (Fsp3) is 0.345. The number of halogens is 6. The summed E-state index contributed by atoms with van der Waals surface area (Å²) in [6, 6.07) is 4.35. The first-order chi connectivity index (χ1) is 21.0. The van der Waals surface area contributed by atoms with Gasteiger partial charge in [0, 0.05) is 18.1 Å². The lowest BCUT2D eigenvalue weighted by atomic mass is 9.85. The summed E-state index contributed by atoms with van der Waals surface area (Å²) in [5.74, 6) is -14.0. The van der Waals surface area contributed by atoms with E-state index in [-0.39, 0.29) is 18.7 Å². The summed E-state index contributed by atoms with van der Waals surface area (Å²) < 4.78 is 113. The SMILES string of the molecule is O=C(C1CCN1S(=O)(=O)c1c(F)c(F)c(F)c(F)c1F)N(Cc1ccc(C2CCCCC2)cn1)c1cc2[nH]ncc2cc1F. The Labute approximate surface area is 247 Å². The third-order valence-corrected chi connectivity index (χ3v) is 10.2. The monoisotopic (exact) mass is 637 g/mol. The number of carbonyl (C=O) groups is 1. The lowest BCUT2D eigenvalue weighted by Gasteiger charge is -2.41. The van der Waals surface area contributed by atoms with Gasteiger partial charge in [-0.2, -0.15) is 9.40 Å². The summed E-state index contributed by atoms with van der Waals surface area (Å²) >= 11 is 0. The molecule has 4 aromatic rings. The first-order valence-electron chi connectivity index (χ1n) is 13.9. The van der Waals surface area contributed by atoms with Crippen LogP contribution in [-0.2, 0) is 21.4 Å². The van der Waals surface area contributed by atoms with Gasteiger partial charge in [-0.25, -0.2) is 34.8 Å². The zero-order valence-electron chi connectivity index (χ0n) is 23.0. The highest BCUT2D eigenvalue weighted by Gasteiger charge is 2.48. The Morgan fingerprint density at radius 1 is 0.909 bits per heavy atom. The highest BCUT2D eigenvalue weighted by molar-refractivity contribution is 7.89. The fourth-order valence-corrected chi connectivity index (χ4v) is 7.56. The topological polar surface area (TPSA) is 99.3 Å². The number of pyridine rings is 1. The molecule has 3 heterocycles. The van der Waals surface area contributed by atoms with E-state index in [0.29, 0.717) is 26.8 Å². The Morgan fingerprint density at radius 2 is 1.59 bits per heavy atom. The molecule has 2 aromatic carbocycles. The highest BCUT2D eigenvalue weighted by atomic mass is 32.2. The van der Waals surface area contributed by atoms with Crippen LogP contribution < -0.4 is 4.90 Å². The van der Waals surface area contributed by atoms with Crippen molar-refractivity contribution >= 4 is 32.5 Å². The average Bonchev–Trinajstić information content (AvgIpc) is 3.44. The van der Waals surface area contributed by atoms with Crippen molar-refractivity contribution in [2.24, 2.45) is 0 Å². The molecule has 2 aromatic heterocycles. The van der Waals surface area contributed by atoms with E-state index in [4.69, 9.17) is 0 Å². The van der Waals surface area contributed by atoms with Crippen LogP contribution in [0.4, 0.5) is 32.0 Å². The van der Waals surface area contributed by atoms with E-state index >= 15 is 4.39 Å². The summed E-state index contributed by atoms with van der Waals surface area (Å²) in [6.45, 7) is -0.768. The van der Waals surface area contributed by atoms with Gasteiger partial charge in [0.25, 0.3) is 0 Å². The molecule has 2 aliphatic rings. The highest BCUT2D eigenvalue weighted by Crippen LogP contribution is 2.36. The van der Waals surface area contributed by atoms with Crippen molar-refractivity contribution < 1.29 is 39.6 Å². The maximum absolute atomic E-state index is 15.4. The van der Waals surface area contributed by atoms with Gasteiger partial charge in [0.2, 0.25) is 21.7 Å². The molecular formula is C29H25F6N5O3S. The lowest BCUT2D eigenvalue weighted by Crippen LogP contribution is -2.59. The Kier molecular flexibility index (Phi) is 7.86. The molecule has 15 heteroatoms. The maximum atomic E-state index is 15.4. The molecule has 0 radical (unpaired) electrons. The molecule has 1 saturated heterocycles. The van der Waals surface area contributed by atoms with Gasteiger partial charge < -0.3 is 4.90 Å². The number of anilines is 1. The number of benzene rings is 2. The van der Waals surface area contributed by atoms with Crippen molar-refractivity contribution in [2.45, 2.75) is 61.9 Å². The number of rotatable bonds is 7. The predicted molar refractivity (Wildman–Crippen MR) is 146 cm³/mol. The molecule has 0 spiro atoms. The van der Waals surface area contributed by atoms with E-state index in [9.17, 15) is 35.2 Å². The van der Waals surface area contributed by atoms with Crippen LogP contribution in [0.15, 0.2) is 41.6 Å². The number of hydrogen-bond donors (Lipinski definition) is 1. The second-order valence-corrected chi connectivity index (χ2v) is 12.7. The van der Waals surface area contributed by atoms with Crippen LogP contribution in [0.1, 0.15) is 55.7 Å². The average molecular weight is 638 g/mol. The Balaban J connectivity index is 1.35. The second-order valence-electron chi connectivity index (χ2n) is 10.9. The minimum Gasteiger partial charge on any atom is -0.302 e. The van der Waals surface area contributed by atoms with E-state index in [1.807, 2.05) is 6.07 Å². The van der Waals surface area contributed by atoms with Crippen LogP contribution in [0.3, 0.4) is 0 Å². The third kappa shape index (κ3) is 5.11. The maximum Gasteiger partial charge on any atom is 0.249 e. The predicted octanol–water partition coefficient (Wildman–Crippen LogP) is 5.84. The molecule has 1 saturated carbocycles. The van der Waals surface area contributed by atoms with E-state index < -0.39 is 68.3 Å². The molecule has 1 atom stereocenters. The first-order valence-corrected chi connectivity index (χ1v) is 15.3. The van der Waals surface area contributed by atoms with Crippen molar-refractivity contribution in [1.29, 1.82) is 0 Å². The standard InChI is InChI=1S/C29H25F6N5O3S/c30-19-10-17-13-37-38-20(17)11-22(19)39(14-18-7-6-16(12-36-18)15-4-2-1-3-5-15)29(41)21-8-9-40(21)44(42,43)28-26(34)24(32)23(31)25(33)27(28)35/h6-7,10-13,15,21H,1-5,8-9,14H2,(H,37,38). The van der Waals surface area contributed by atoms with Gasteiger partial charge in [0.1, 0.15) is 11.9 Å². The molecule has 44 heavy (non-hydrogen) atoms. The zero-order chi connectivity index (χ0) is 31.3. The molecule has 0 bridgehead atoms. The van der Waals surface area contributed by atoms with E-state index in [2.05, 4.69) is 15.2 Å². The Hall–Kier alpha value is -3.98. The lowest BCUT2D eigenvalue weighted by molar-refractivity contribution is -0.125. The van der Waals surface area contributed by atoms with Crippen LogP contribution >= 0.6 is 0 Å². The quantitative estimate of drug-likeness (QED) is 0.156. The van der Waals surface area contributed by atoms with Crippen LogP contribution in [0.5, 0.6) is 0 Å². The number of sulfonamides is 1. The molecule has 1 aliphatic heterocycles. The van der Waals surface area contributed by atoms with Gasteiger partial charge in [0.15, 0.2) is 28.2 Å². The molecule has 8 nitrogen and oxygen atoms in total. The van der Waals surface area contributed by atoms with Crippen LogP contribution in [0, 0.1) is 34.9 Å². The molecule has 1 unspecified atom stereocenters. The largest absolute Gasteiger partial charge is 0.302 e. The molecule has 6 rings (SSSR count). The van der Waals surface area contributed by atoms with E-state index in [1.165, 1.54) is 18.7 Å². The van der Waals surface area contributed by atoms with Crippen molar-refractivity contribution in [1.82, 2.24) is 19.5 Å². The summed E-state index contributed by atoms with van der Waals surface area (Å²) in [5, 5.41) is 6.91. The molecule has 1 N–H and O–H groups in total. The minimum absolute atomic E-state index is 0.161. The molecular weight excluding hydrogens is 612 g/mol. The number of nitrogens with zero attached hydrogens (tertiary/aromatic N) is 4. The first kappa shape index (κ1) is 30.1. The number of amides is 1. The number of nitrogens with one attached hydrogen (secondary N) is 1. The number of aromatic nitrogens is 3. The van der Waals surface area contributed by atoms with Crippen molar-refractivity contribution in [3.63, 3.8) is 0 Å². The normalized spacial score (nSPS) is 18.0. The van der Waals surface area contributed by atoms with Gasteiger partial charge in [-0.3, -0.25) is 14.9 Å². The third-order valence-electron chi connectivity index (χ3n) is 8.30. The van der Waals surface area contributed by atoms with Crippen molar-refractivity contribution in [3.05, 3.63) is 82.8 Å². The molecule has 2 fully saturated rings. The van der Waals surface area contributed by atoms with Gasteiger partial charge in [-0.15, -0.1) is 0 Å². The number of fused-ring (bicyclic) bond motifs is 1. The number of aromatic amines is 1. The molecule has 1 amide bonds. The summed E-state index contributed by atoms with van der Waals surface area (Å²) in [5.41, 5.74) is 1.47. The number of H-pyrrole nitrogens is 1. The van der Waals surface area contributed by atoms with Gasteiger partial charge in [-0.1, -0.05) is 25.3 Å². The minimum atomic E-state index is -5.40. The smallest absolute Gasteiger partial charge is 0.249 e. The van der Waals surface area contributed by atoms with Crippen LogP contribution in [0.2, 0.25) is 0 Å². The fourth-order valence-electron chi connectivity index (χ4n) is 5.82.